The molecule has 2 N–H and O–H groups in total. The molecule has 1 aliphatic rings. The van der Waals surface area contributed by atoms with Crippen molar-refractivity contribution in [3.8, 4) is 0 Å². The van der Waals surface area contributed by atoms with Gasteiger partial charge in [0.05, 0.1) is 0 Å². The number of nitrogens with two attached hydrogens (primary N) is 1. The minimum atomic E-state index is -0.0579. The number of fused-ring (bicyclic) bond motifs is 1. The first-order valence-corrected chi connectivity index (χ1v) is 6.55. The van der Waals surface area contributed by atoms with E-state index in [4.69, 9.17) is 5.73 Å². The Hall–Kier alpha value is -1.95. The van der Waals surface area contributed by atoms with Crippen LogP contribution in [0.15, 0.2) is 23.7 Å². The van der Waals surface area contributed by atoms with Gasteiger partial charge in [0.15, 0.2) is 5.13 Å². The molecule has 0 aromatic carbocycles. The molecular formula is C12H12N4OS. The van der Waals surface area contributed by atoms with Crippen LogP contribution in [-0.2, 0) is 13.0 Å². The van der Waals surface area contributed by atoms with Gasteiger partial charge in [-0.3, -0.25) is 9.78 Å². The minimum absolute atomic E-state index is 0.0579. The maximum Gasteiger partial charge on any atom is 0.273 e. The average Bonchev–Trinajstić information content (AvgIpc) is 2.84. The summed E-state index contributed by atoms with van der Waals surface area (Å²) < 4.78 is 0. The third-order valence-electron chi connectivity index (χ3n) is 2.99. The fraction of sp³-hybridized carbons (Fsp3) is 0.250. The number of carbonyl (C=O) groups excluding carboxylic acids is 1. The van der Waals surface area contributed by atoms with E-state index in [0.717, 1.165) is 17.7 Å². The molecule has 0 spiro atoms. The third-order valence-corrected chi connectivity index (χ3v) is 3.67. The molecule has 18 heavy (non-hydrogen) atoms. The molecule has 1 amide bonds. The zero-order valence-electron chi connectivity index (χ0n) is 9.67. The number of pyridine rings is 1. The number of hydrogen-bond acceptors (Lipinski definition) is 5. The van der Waals surface area contributed by atoms with E-state index in [9.17, 15) is 4.79 Å². The van der Waals surface area contributed by atoms with E-state index in [1.807, 2.05) is 12.1 Å². The topological polar surface area (TPSA) is 72.1 Å². The van der Waals surface area contributed by atoms with Crippen molar-refractivity contribution in [1.82, 2.24) is 14.9 Å². The standard InChI is InChI=1S/C12H12N4OS/c13-12-15-10(7-18-12)11(17)16-5-3-9-8(6-16)2-1-4-14-9/h1-2,4,7H,3,5-6H2,(H2,13,15). The maximum atomic E-state index is 12.2. The Morgan fingerprint density at radius 1 is 1.50 bits per heavy atom. The molecule has 0 atom stereocenters. The van der Waals surface area contributed by atoms with Crippen LogP contribution in [0.3, 0.4) is 0 Å². The fourth-order valence-corrected chi connectivity index (χ4v) is 2.62. The van der Waals surface area contributed by atoms with Crippen molar-refractivity contribution in [3.05, 3.63) is 40.7 Å². The first-order valence-electron chi connectivity index (χ1n) is 5.67. The molecule has 0 unspecified atom stereocenters. The number of rotatable bonds is 1. The molecule has 3 rings (SSSR count). The molecule has 6 heteroatoms. The molecule has 2 aromatic rings. The predicted octanol–water partition coefficient (Wildman–Crippen LogP) is 1.32. The molecule has 2 aromatic heterocycles. The number of thiazole rings is 1. The molecule has 0 saturated heterocycles. The number of nitrogen functional groups attached to an aromatic ring is 1. The largest absolute Gasteiger partial charge is 0.375 e. The lowest BCUT2D eigenvalue weighted by atomic mass is 10.1. The average molecular weight is 260 g/mol. The number of anilines is 1. The van der Waals surface area contributed by atoms with Crippen LogP contribution in [0.2, 0.25) is 0 Å². The van der Waals surface area contributed by atoms with Crippen molar-refractivity contribution in [1.29, 1.82) is 0 Å². The minimum Gasteiger partial charge on any atom is -0.375 e. The van der Waals surface area contributed by atoms with E-state index in [1.54, 1.807) is 16.5 Å². The maximum absolute atomic E-state index is 12.2. The summed E-state index contributed by atoms with van der Waals surface area (Å²) in [4.78, 5) is 22.4. The van der Waals surface area contributed by atoms with E-state index in [1.165, 1.54) is 11.3 Å². The Kier molecular flexibility index (Phi) is 2.71. The van der Waals surface area contributed by atoms with Gasteiger partial charge in [-0.15, -0.1) is 11.3 Å². The van der Waals surface area contributed by atoms with Gasteiger partial charge in [-0.2, -0.15) is 0 Å². The second kappa shape index (κ2) is 4.38. The lowest BCUT2D eigenvalue weighted by Crippen LogP contribution is -2.36. The molecule has 3 heterocycles. The summed E-state index contributed by atoms with van der Waals surface area (Å²) in [6.45, 7) is 1.28. The van der Waals surface area contributed by atoms with Crippen molar-refractivity contribution < 1.29 is 4.79 Å². The van der Waals surface area contributed by atoms with Gasteiger partial charge in [0.1, 0.15) is 5.69 Å². The molecule has 0 saturated carbocycles. The Bertz CT molecular complexity index is 595. The summed E-state index contributed by atoms with van der Waals surface area (Å²) >= 11 is 1.29. The number of aromatic nitrogens is 2. The van der Waals surface area contributed by atoms with Crippen molar-refractivity contribution in [2.45, 2.75) is 13.0 Å². The Morgan fingerprint density at radius 2 is 2.39 bits per heavy atom. The lowest BCUT2D eigenvalue weighted by molar-refractivity contribution is 0.0728. The third kappa shape index (κ3) is 1.95. The molecule has 5 nitrogen and oxygen atoms in total. The SMILES string of the molecule is Nc1nc(C(=O)N2CCc3ncccc3C2)cs1. The Labute approximate surface area is 108 Å². The second-order valence-corrected chi connectivity index (χ2v) is 5.05. The second-order valence-electron chi connectivity index (χ2n) is 4.16. The highest BCUT2D eigenvalue weighted by Crippen LogP contribution is 2.19. The normalized spacial score (nSPS) is 14.3. The van der Waals surface area contributed by atoms with Crippen LogP contribution in [-0.4, -0.2) is 27.3 Å². The molecular weight excluding hydrogens is 248 g/mol. The molecule has 0 fully saturated rings. The van der Waals surface area contributed by atoms with E-state index in [2.05, 4.69) is 9.97 Å². The smallest absolute Gasteiger partial charge is 0.273 e. The number of nitrogens with zero attached hydrogens (tertiary/aromatic N) is 3. The number of amides is 1. The lowest BCUT2D eigenvalue weighted by Gasteiger charge is -2.27. The van der Waals surface area contributed by atoms with Gasteiger partial charge in [0.2, 0.25) is 0 Å². The van der Waals surface area contributed by atoms with Gasteiger partial charge >= 0.3 is 0 Å². The van der Waals surface area contributed by atoms with Gasteiger partial charge < -0.3 is 10.6 Å². The van der Waals surface area contributed by atoms with E-state index in [0.29, 0.717) is 23.9 Å². The fourth-order valence-electron chi connectivity index (χ4n) is 2.09. The van der Waals surface area contributed by atoms with Crippen LogP contribution in [0.25, 0.3) is 0 Å². The first-order chi connectivity index (χ1) is 8.74. The number of hydrogen-bond donors (Lipinski definition) is 1. The summed E-state index contributed by atoms with van der Waals surface area (Å²) in [5, 5.41) is 2.13. The molecule has 92 valence electrons. The summed E-state index contributed by atoms with van der Waals surface area (Å²) in [5.74, 6) is -0.0579. The highest BCUT2D eigenvalue weighted by atomic mass is 32.1. The summed E-state index contributed by atoms with van der Waals surface area (Å²) in [7, 11) is 0. The number of carbonyl (C=O) groups is 1. The van der Waals surface area contributed by atoms with Gasteiger partial charge in [-0.1, -0.05) is 6.07 Å². The first kappa shape index (κ1) is 11.2. The summed E-state index contributed by atoms with van der Waals surface area (Å²) in [6, 6.07) is 3.91. The van der Waals surface area contributed by atoms with Crippen LogP contribution in [0.1, 0.15) is 21.7 Å². The zero-order chi connectivity index (χ0) is 12.5. The molecule has 0 radical (unpaired) electrons. The van der Waals surface area contributed by atoms with Crippen LogP contribution in [0.4, 0.5) is 5.13 Å². The van der Waals surface area contributed by atoms with E-state index < -0.39 is 0 Å². The van der Waals surface area contributed by atoms with Gasteiger partial charge in [-0.25, -0.2) is 4.98 Å². The Morgan fingerprint density at radius 3 is 3.17 bits per heavy atom. The Balaban J connectivity index is 1.82. The predicted molar refractivity (Wildman–Crippen MR) is 69.2 cm³/mol. The molecule has 1 aliphatic heterocycles. The van der Waals surface area contributed by atoms with Gasteiger partial charge in [-0.05, 0) is 11.6 Å². The summed E-state index contributed by atoms with van der Waals surface area (Å²) in [6.07, 6.45) is 2.58. The summed E-state index contributed by atoms with van der Waals surface area (Å²) in [5.41, 5.74) is 8.18. The van der Waals surface area contributed by atoms with Crippen molar-refractivity contribution in [2.75, 3.05) is 12.3 Å². The van der Waals surface area contributed by atoms with Crippen LogP contribution < -0.4 is 5.73 Å². The van der Waals surface area contributed by atoms with Crippen LogP contribution in [0.5, 0.6) is 0 Å². The van der Waals surface area contributed by atoms with Gasteiger partial charge in [0.25, 0.3) is 5.91 Å². The van der Waals surface area contributed by atoms with Gasteiger partial charge in [0, 0.05) is 36.8 Å². The van der Waals surface area contributed by atoms with Crippen molar-refractivity contribution >= 4 is 22.4 Å². The van der Waals surface area contributed by atoms with E-state index >= 15 is 0 Å². The van der Waals surface area contributed by atoms with E-state index in [-0.39, 0.29) is 5.91 Å². The molecule has 0 bridgehead atoms. The highest BCUT2D eigenvalue weighted by Gasteiger charge is 2.23. The van der Waals surface area contributed by atoms with Crippen molar-refractivity contribution in [2.24, 2.45) is 0 Å². The highest BCUT2D eigenvalue weighted by molar-refractivity contribution is 7.13. The van der Waals surface area contributed by atoms with Crippen LogP contribution >= 0.6 is 11.3 Å². The van der Waals surface area contributed by atoms with Crippen molar-refractivity contribution in [3.63, 3.8) is 0 Å². The monoisotopic (exact) mass is 260 g/mol. The van der Waals surface area contributed by atoms with Crippen LogP contribution in [0, 0.1) is 0 Å². The quantitative estimate of drug-likeness (QED) is 0.839. The zero-order valence-corrected chi connectivity index (χ0v) is 10.5. The molecule has 0 aliphatic carbocycles.